The van der Waals surface area contributed by atoms with E-state index in [1.165, 1.54) is 15.9 Å². The fourth-order valence-electron chi connectivity index (χ4n) is 5.59. The van der Waals surface area contributed by atoms with Crippen LogP contribution in [0.15, 0.2) is 131 Å². The fraction of sp³-hybridized carbons (Fsp3) is 0.162. The van der Waals surface area contributed by atoms with Gasteiger partial charge < -0.3 is 30.0 Å². The van der Waals surface area contributed by atoms with Crippen LogP contribution in [0.1, 0.15) is 0 Å². The number of aromatic nitrogens is 2. The molecule has 0 spiro atoms. The Hall–Kier alpha value is -4.67. The van der Waals surface area contributed by atoms with Crippen molar-refractivity contribution >= 4 is 28.5 Å². The Morgan fingerprint density at radius 2 is 1.35 bits per heavy atom. The number of nitrogens with one attached hydrogen (secondary N) is 1. The number of anilines is 1. The Balaban J connectivity index is 0.000000218. The van der Waals surface area contributed by atoms with Crippen LogP contribution in [0.3, 0.4) is 0 Å². The number of hydrogen-bond donors (Lipinski definition) is 3. The van der Waals surface area contributed by atoms with Crippen LogP contribution >= 0.6 is 11.8 Å². The molecule has 4 atom stereocenters. The number of nitrogens with zero attached hydrogens (tertiary/aromatic N) is 1. The first kappa shape index (κ1) is 30.0. The Kier molecular flexibility index (Phi) is 8.72. The van der Waals surface area contributed by atoms with Crippen molar-refractivity contribution in [2.75, 3.05) is 18.9 Å². The normalized spacial score (nSPS) is 20.2. The Morgan fingerprint density at radius 1 is 0.761 bits per heavy atom. The van der Waals surface area contributed by atoms with Crippen molar-refractivity contribution in [3.63, 3.8) is 0 Å². The third kappa shape index (κ3) is 6.63. The molecule has 4 aromatic carbocycles. The van der Waals surface area contributed by atoms with E-state index >= 15 is 0 Å². The largest absolute Gasteiger partial charge is 0.470 e. The number of rotatable bonds is 6. The van der Waals surface area contributed by atoms with Gasteiger partial charge in [-0.3, -0.25) is 0 Å². The van der Waals surface area contributed by atoms with Crippen LogP contribution in [0.2, 0.25) is 0 Å². The Bertz CT molecular complexity index is 1870. The summed E-state index contributed by atoms with van der Waals surface area (Å²) in [6.45, 7) is 0.546. The number of aromatic amines is 1. The minimum atomic E-state index is -0.643. The van der Waals surface area contributed by atoms with Crippen LogP contribution in [0.5, 0.6) is 5.88 Å². The molecule has 2 fully saturated rings. The molecule has 4 N–H and O–H groups in total. The second kappa shape index (κ2) is 13.4. The highest BCUT2D eigenvalue weighted by Crippen LogP contribution is 2.33. The molecule has 0 bridgehead atoms. The third-order valence-corrected chi connectivity index (χ3v) is 8.93. The van der Waals surface area contributed by atoms with E-state index in [0.717, 1.165) is 11.1 Å². The van der Waals surface area contributed by atoms with Crippen molar-refractivity contribution in [2.45, 2.75) is 34.2 Å². The summed E-state index contributed by atoms with van der Waals surface area (Å²) < 4.78 is 32.1. The van der Waals surface area contributed by atoms with Crippen LogP contribution in [-0.4, -0.2) is 52.7 Å². The summed E-state index contributed by atoms with van der Waals surface area (Å²) in [5.41, 5.74) is 10.6. The molecule has 0 saturated carbocycles. The first-order valence-electron chi connectivity index (χ1n) is 15.0. The van der Waals surface area contributed by atoms with Crippen LogP contribution < -0.4 is 10.5 Å². The molecule has 46 heavy (non-hydrogen) atoms. The van der Waals surface area contributed by atoms with E-state index in [1.807, 2.05) is 60.7 Å². The quantitative estimate of drug-likeness (QED) is 0.165. The number of ether oxygens (including phenoxy) is 3. The average molecular weight is 634 g/mol. The van der Waals surface area contributed by atoms with Gasteiger partial charge >= 0.3 is 0 Å². The maximum atomic E-state index is 14.9. The molecule has 2 aromatic heterocycles. The minimum absolute atomic E-state index is 0.231. The van der Waals surface area contributed by atoms with Crippen LogP contribution in [-0.2, 0) is 9.47 Å². The van der Waals surface area contributed by atoms with Gasteiger partial charge in [0.1, 0.15) is 24.0 Å². The highest BCUT2D eigenvalue weighted by atomic mass is 32.2. The number of nitrogens with two attached hydrogens (primary N) is 1. The maximum Gasteiger partial charge on any atom is 0.193 e. The molecule has 9 heteroatoms. The summed E-state index contributed by atoms with van der Waals surface area (Å²) in [6, 6.07) is 39.1. The molecule has 4 heterocycles. The molecule has 2 unspecified atom stereocenters. The number of hydrogen-bond acceptors (Lipinski definition) is 7. The number of pyridine rings is 1. The smallest absolute Gasteiger partial charge is 0.193 e. The summed E-state index contributed by atoms with van der Waals surface area (Å²) in [4.78, 5) is 10.2. The lowest BCUT2D eigenvalue weighted by molar-refractivity contribution is 0.00794. The van der Waals surface area contributed by atoms with Gasteiger partial charge in [0, 0.05) is 33.2 Å². The number of aliphatic hydroxyl groups excluding tert-OH is 1. The standard InChI is InChI=1S/C25H22FN3O4.C12H10S/c26-17-9-18-19(10-22(28-18)33-21-12-32-24-20(30)11-31-25(21)24)29-23(17)15-3-1-13(2-4-15)14-5-7-16(27)8-6-14;1-3-7-11(8-4-1)13-12-9-5-2-6-10-12/h1-10,20-21,24-25,28,30H,11-12,27H2;1-10H/t20?,21?,24-,25-;/m1./s1. The fourth-order valence-corrected chi connectivity index (χ4v) is 6.45. The van der Waals surface area contributed by atoms with Gasteiger partial charge in [0.2, 0.25) is 0 Å². The van der Waals surface area contributed by atoms with Crippen LogP contribution in [0.4, 0.5) is 10.1 Å². The van der Waals surface area contributed by atoms with Crippen molar-refractivity contribution < 1.29 is 23.7 Å². The van der Waals surface area contributed by atoms with Crippen molar-refractivity contribution in [3.8, 4) is 28.3 Å². The molecule has 2 aliphatic rings. The van der Waals surface area contributed by atoms with Gasteiger partial charge in [0.15, 0.2) is 17.8 Å². The van der Waals surface area contributed by atoms with E-state index in [0.29, 0.717) is 34.8 Å². The minimum Gasteiger partial charge on any atom is -0.470 e. The third-order valence-electron chi connectivity index (χ3n) is 7.92. The zero-order valence-electron chi connectivity index (χ0n) is 24.8. The summed E-state index contributed by atoms with van der Waals surface area (Å²) >= 11 is 1.79. The van der Waals surface area contributed by atoms with E-state index in [-0.39, 0.29) is 30.6 Å². The Morgan fingerprint density at radius 3 is 2.00 bits per heavy atom. The Labute approximate surface area is 270 Å². The summed E-state index contributed by atoms with van der Waals surface area (Å²) in [6.07, 6.45) is -1.70. The highest BCUT2D eigenvalue weighted by molar-refractivity contribution is 7.99. The summed E-state index contributed by atoms with van der Waals surface area (Å²) in [5, 5.41) is 9.89. The molecule has 0 amide bonds. The second-order valence-electron chi connectivity index (χ2n) is 11.1. The van der Waals surface area contributed by atoms with E-state index < -0.39 is 11.9 Å². The lowest BCUT2D eigenvalue weighted by Crippen LogP contribution is -2.34. The number of fused-ring (bicyclic) bond motifs is 2. The number of benzene rings is 4. The number of H-pyrrole nitrogens is 1. The SMILES string of the molecule is Nc1ccc(-c2ccc(-c3nc4cc(OC5CO[C@@H]6C(O)CO[C@H]56)[nH]c4cc3F)cc2)cc1.c1ccc(Sc2ccccc2)cc1. The zero-order valence-corrected chi connectivity index (χ0v) is 25.6. The number of aliphatic hydroxyl groups is 1. The molecular weight excluding hydrogens is 601 g/mol. The van der Waals surface area contributed by atoms with Gasteiger partial charge in [0.05, 0.1) is 24.2 Å². The van der Waals surface area contributed by atoms with Gasteiger partial charge in [0.25, 0.3) is 0 Å². The van der Waals surface area contributed by atoms with Crippen molar-refractivity contribution in [1.29, 1.82) is 0 Å². The summed E-state index contributed by atoms with van der Waals surface area (Å²) in [5.74, 6) is 0.0228. The van der Waals surface area contributed by atoms with Crippen molar-refractivity contribution in [3.05, 3.63) is 127 Å². The highest BCUT2D eigenvalue weighted by Gasteiger charge is 2.48. The average Bonchev–Trinajstić information content (AvgIpc) is 3.78. The molecule has 8 rings (SSSR count). The van der Waals surface area contributed by atoms with Crippen LogP contribution in [0, 0.1) is 5.82 Å². The molecule has 0 aliphatic carbocycles. The monoisotopic (exact) mass is 633 g/mol. The summed E-state index contributed by atoms with van der Waals surface area (Å²) in [7, 11) is 0. The predicted octanol–water partition coefficient (Wildman–Crippen LogP) is 7.36. The van der Waals surface area contributed by atoms with Gasteiger partial charge in [-0.25, -0.2) is 9.37 Å². The second-order valence-corrected chi connectivity index (χ2v) is 12.3. The first-order chi connectivity index (χ1) is 22.5. The zero-order chi connectivity index (χ0) is 31.5. The predicted molar refractivity (Wildman–Crippen MR) is 178 cm³/mol. The van der Waals surface area contributed by atoms with Gasteiger partial charge in [-0.2, -0.15) is 0 Å². The molecule has 6 aromatic rings. The lowest BCUT2D eigenvalue weighted by Gasteiger charge is -2.16. The van der Waals surface area contributed by atoms with Gasteiger partial charge in [-0.05, 0) is 47.5 Å². The molecular formula is C37H32FN3O4S. The van der Waals surface area contributed by atoms with Gasteiger partial charge in [-0.1, -0.05) is 84.6 Å². The maximum absolute atomic E-state index is 14.9. The van der Waals surface area contributed by atoms with E-state index in [4.69, 9.17) is 19.9 Å². The van der Waals surface area contributed by atoms with Gasteiger partial charge in [-0.15, -0.1) is 0 Å². The molecule has 232 valence electrons. The first-order valence-corrected chi connectivity index (χ1v) is 15.8. The number of halogens is 1. The molecule has 7 nitrogen and oxygen atoms in total. The van der Waals surface area contributed by atoms with Crippen molar-refractivity contribution in [2.24, 2.45) is 0 Å². The molecule has 2 aliphatic heterocycles. The molecule has 0 radical (unpaired) electrons. The van der Waals surface area contributed by atoms with E-state index in [1.54, 1.807) is 17.8 Å². The topological polar surface area (TPSA) is 103 Å². The van der Waals surface area contributed by atoms with Crippen molar-refractivity contribution in [1.82, 2.24) is 9.97 Å². The van der Waals surface area contributed by atoms with E-state index in [2.05, 4.69) is 58.5 Å². The van der Waals surface area contributed by atoms with E-state index in [9.17, 15) is 9.50 Å². The number of nitrogen functional groups attached to an aromatic ring is 1. The van der Waals surface area contributed by atoms with Crippen LogP contribution in [0.25, 0.3) is 33.4 Å². The lowest BCUT2D eigenvalue weighted by atomic mass is 10.0. The molecule has 2 saturated heterocycles.